The van der Waals surface area contributed by atoms with Gasteiger partial charge in [-0.25, -0.2) is 9.67 Å². The average Bonchev–Trinajstić information content (AvgIpc) is 2.85. The second-order valence-corrected chi connectivity index (χ2v) is 4.28. The summed E-state index contributed by atoms with van der Waals surface area (Å²) in [5.74, 6) is 1.52. The Bertz CT molecular complexity index is 590. The van der Waals surface area contributed by atoms with Gasteiger partial charge in [0.1, 0.15) is 17.9 Å². The van der Waals surface area contributed by atoms with Crippen LogP contribution >= 0.6 is 0 Å². The molecule has 0 aliphatic rings. The van der Waals surface area contributed by atoms with Gasteiger partial charge >= 0.3 is 0 Å². The van der Waals surface area contributed by atoms with E-state index in [1.807, 2.05) is 26.0 Å². The monoisotopic (exact) mass is 259 g/mol. The van der Waals surface area contributed by atoms with Crippen molar-refractivity contribution in [1.82, 2.24) is 14.8 Å². The molecule has 0 bridgehead atoms. The van der Waals surface area contributed by atoms with Crippen LogP contribution in [0.1, 0.15) is 28.7 Å². The second kappa shape index (κ2) is 5.65. The van der Waals surface area contributed by atoms with Crippen LogP contribution in [-0.4, -0.2) is 27.7 Å². The number of carbonyl (C=O) groups excluding carboxylic acids is 1. The van der Waals surface area contributed by atoms with Crippen molar-refractivity contribution in [1.29, 1.82) is 0 Å². The van der Waals surface area contributed by atoms with Gasteiger partial charge in [0, 0.05) is 12.1 Å². The van der Waals surface area contributed by atoms with Gasteiger partial charge in [0.05, 0.1) is 13.5 Å². The van der Waals surface area contributed by atoms with Crippen molar-refractivity contribution < 1.29 is 9.53 Å². The van der Waals surface area contributed by atoms with Crippen LogP contribution < -0.4 is 4.74 Å². The third kappa shape index (κ3) is 2.81. The highest BCUT2D eigenvalue weighted by Gasteiger charge is 2.12. The lowest BCUT2D eigenvalue weighted by Gasteiger charge is -2.07. The highest BCUT2D eigenvalue weighted by Crippen LogP contribution is 2.19. The summed E-state index contributed by atoms with van der Waals surface area (Å²) >= 11 is 0. The molecule has 0 unspecified atom stereocenters. The van der Waals surface area contributed by atoms with Gasteiger partial charge in [-0.15, -0.1) is 0 Å². The Labute approximate surface area is 112 Å². The van der Waals surface area contributed by atoms with E-state index in [0.29, 0.717) is 17.9 Å². The molecule has 19 heavy (non-hydrogen) atoms. The summed E-state index contributed by atoms with van der Waals surface area (Å²) in [6, 6.07) is 5.43. The molecular formula is C14H17N3O2. The van der Waals surface area contributed by atoms with E-state index in [2.05, 4.69) is 10.1 Å². The molecule has 2 rings (SSSR count). The number of ketones is 1. The summed E-state index contributed by atoms with van der Waals surface area (Å²) in [6.07, 6.45) is 1.74. The van der Waals surface area contributed by atoms with Crippen LogP contribution in [0.5, 0.6) is 5.75 Å². The molecule has 0 saturated heterocycles. The van der Waals surface area contributed by atoms with Crippen molar-refractivity contribution in [2.75, 3.05) is 7.11 Å². The molecule has 2 aromatic rings. The zero-order chi connectivity index (χ0) is 13.8. The summed E-state index contributed by atoms with van der Waals surface area (Å²) in [5, 5.41) is 4.06. The van der Waals surface area contributed by atoms with Gasteiger partial charge in [0.25, 0.3) is 0 Å². The summed E-state index contributed by atoms with van der Waals surface area (Å²) in [6.45, 7) is 4.61. The van der Waals surface area contributed by atoms with Crippen molar-refractivity contribution >= 4 is 5.78 Å². The molecule has 0 aliphatic carbocycles. The molecule has 1 aromatic carbocycles. The van der Waals surface area contributed by atoms with E-state index in [1.54, 1.807) is 17.9 Å². The number of rotatable bonds is 5. The van der Waals surface area contributed by atoms with E-state index in [4.69, 9.17) is 4.74 Å². The van der Waals surface area contributed by atoms with Crippen molar-refractivity contribution in [3.8, 4) is 5.75 Å². The molecule has 1 aromatic heterocycles. The highest BCUT2D eigenvalue weighted by atomic mass is 16.5. The molecule has 0 N–H and O–H groups in total. The second-order valence-electron chi connectivity index (χ2n) is 4.28. The standard InChI is InChI=1S/C14H17N3O2/c1-4-17-14(15-9-16-17)8-12(18)11-5-6-13(19-3)10(2)7-11/h5-7,9H,4,8H2,1-3H3. The van der Waals surface area contributed by atoms with E-state index in [1.165, 1.54) is 6.33 Å². The van der Waals surface area contributed by atoms with E-state index >= 15 is 0 Å². The van der Waals surface area contributed by atoms with Crippen LogP contribution in [0, 0.1) is 6.92 Å². The fourth-order valence-electron chi connectivity index (χ4n) is 1.99. The summed E-state index contributed by atoms with van der Waals surface area (Å²) < 4.78 is 6.91. The Morgan fingerprint density at radius 1 is 1.42 bits per heavy atom. The number of benzene rings is 1. The molecule has 0 radical (unpaired) electrons. The average molecular weight is 259 g/mol. The topological polar surface area (TPSA) is 57.0 Å². The van der Waals surface area contributed by atoms with Gasteiger partial charge < -0.3 is 4.74 Å². The number of hydrogen-bond acceptors (Lipinski definition) is 4. The number of aromatic nitrogens is 3. The Morgan fingerprint density at radius 3 is 2.84 bits per heavy atom. The first-order valence-electron chi connectivity index (χ1n) is 6.20. The van der Waals surface area contributed by atoms with Crippen molar-refractivity contribution in [3.63, 3.8) is 0 Å². The van der Waals surface area contributed by atoms with Crippen LogP contribution in [-0.2, 0) is 13.0 Å². The Hall–Kier alpha value is -2.17. The molecule has 0 spiro atoms. The van der Waals surface area contributed by atoms with Crippen LogP contribution in [0.15, 0.2) is 24.5 Å². The third-order valence-electron chi connectivity index (χ3n) is 3.03. The lowest BCUT2D eigenvalue weighted by Crippen LogP contribution is -2.11. The number of methoxy groups -OCH3 is 1. The minimum absolute atomic E-state index is 0.0356. The minimum Gasteiger partial charge on any atom is -0.496 e. The van der Waals surface area contributed by atoms with Crippen LogP contribution in [0.2, 0.25) is 0 Å². The number of hydrogen-bond donors (Lipinski definition) is 0. The smallest absolute Gasteiger partial charge is 0.170 e. The van der Waals surface area contributed by atoms with Crippen LogP contribution in [0.3, 0.4) is 0 Å². The molecule has 0 aliphatic heterocycles. The molecule has 0 atom stereocenters. The van der Waals surface area contributed by atoms with Gasteiger partial charge in [-0.2, -0.15) is 5.10 Å². The van der Waals surface area contributed by atoms with Gasteiger partial charge in [0.2, 0.25) is 0 Å². The molecule has 5 heteroatoms. The molecule has 1 heterocycles. The largest absolute Gasteiger partial charge is 0.496 e. The summed E-state index contributed by atoms with van der Waals surface area (Å²) in [4.78, 5) is 16.3. The maximum Gasteiger partial charge on any atom is 0.170 e. The Kier molecular flexibility index (Phi) is 3.94. The molecule has 0 amide bonds. The van der Waals surface area contributed by atoms with E-state index in [9.17, 15) is 4.79 Å². The third-order valence-corrected chi connectivity index (χ3v) is 3.03. The Balaban J connectivity index is 2.18. The van der Waals surface area contributed by atoms with Gasteiger partial charge in [-0.3, -0.25) is 4.79 Å². The lowest BCUT2D eigenvalue weighted by molar-refractivity contribution is 0.0989. The maximum atomic E-state index is 12.2. The first-order valence-corrected chi connectivity index (χ1v) is 6.20. The molecule has 100 valence electrons. The van der Waals surface area contributed by atoms with Crippen LogP contribution in [0.4, 0.5) is 0 Å². The molecular weight excluding hydrogens is 242 g/mol. The lowest BCUT2D eigenvalue weighted by atomic mass is 10.0. The number of nitrogens with zero attached hydrogens (tertiary/aromatic N) is 3. The first kappa shape index (κ1) is 13.3. The number of aryl methyl sites for hydroxylation is 2. The van der Waals surface area contributed by atoms with E-state index < -0.39 is 0 Å². The summed E-state index contributed by atoms with van der Waals surface area (Å²) in [5.41, 5.74) is 1.62. The van der Waals surface area contributed by atoms with Gasteiger partial charge in [-0.05, 0) is 37.6 Å². The fourth-order valence-corrected chi connectivity index (χ4v) is 1.99. The van der Waals surface area contributed by atoms with E-state index in [0.717, 1.165) is 11.3 Å². The SMILES string of the molecule is CCn1ncnc1CC(=O)c1ccc(OC)c(C)c1. The summed E-state index contributed by atoms with van der Waals surface area (Å²) in [7, 11) is 1.62. The molecule has 0 saturated carbocycles. The predicted octanol–water partition coefficient (Wildman–Crippen LogP) is 2.04. The zero-order valence-electron chi connectivity index (χ0n) is 11.4. The van der Waals surface area contributed by atoms with Crippen molar-refractivity contribution in [3.05, 3.63) is 41.5 Å². The zero-order valence-corrected chi connectivity index (χ0v) is 11.4. The molecule has 0 fully saturated rings. The van der Waals surface area contributed by atoms with Gasteiger partial charge in [-0.1, -0.05) is 0 Å². The van der Waals surface area contributed by atoms with E-state index in [-0.39, 0.29) is 12.2 Å². The van der Waals surface area contributed by atoms with Crippen molar-refractivity contribution in [2.45, 2.75) is 26.8 Å². The normalized spacial score (nSPS) is 10.5. The first-order chi connectivity index (χ1) is 9.15. The Morgan fingerprint density at radius 2 is 2.21 bits per heavy atom. The quantitative estimate of drug-likeness (QED) is 0.771. The number of Topliss-reactive ketones (excluding diaryl/α,β-unsaturated/α-hetero) is 1. The van der Waals surface area contributed by atoms with Crippen LogP contribution in [0.25, 0.3) is 0 Å². The van der Waals surface area contributed by atoms with Crippen molar-refractivity contribution in [2.24, 2.45) is 0 Å². The minimum atomic E-state index is 0.0356. The molecule has 5 nitrogen and oxygen atoms in total. The maximum absolute atomic E-state index is 12.2. The predicted molar refractivity (Wildman–Crippen MR) is 71.5 cm³/mol. The van der Waals surface area contributed by atoms with Gasteiger partial charge in [0.15, 0.2) is 5.78 Å². The fraction of sp³-hybridized carbons (Fsp3) is 0.357. The highest BCUT2D eigenvalue weighted by molar-refractivity contribution is 5.97. The number of carbonyl (C=O) groups is 1. The number of ether oxygens (including phenoxy) is 1.